The van der Waals surface area contributed by atoms with Gasteiger partial charge in [-0.05, 0) is 0 Å². The molecule has 0 N–H and O–H groups in total. The number of aromatic nitrogens is 1. The topological polar surface area (TPSA) is 19.4 Å². The first-order valence-corrected chi connectivity index (χ1v) is 7.27. The first-order chi connectivity index (χ1) is 7.38. The van der Waals surface area contributed by atoms with Gasteiger partial charge in [-0.1, -0.05) is 15.9 Å². The second-order valence-electron chi connectivity index (χ2n) is 3.73. The van der Waals surface area contributed by atoms with Gasteiger partial charge in [0.05, 0.1) is 6.54 Å². The molecule has 1 aromatic heterocycles. The standard InChI is InChI=1S/C10H16BrN3S/c11-1-3-13-4-6-14(7-5-13)9-10-12-2-8-15-10/h2,8H,1,3-7,9H2. The van der Waals surface area contributed by atoms with Crippen LogP contribution in [0.15, 0.2) is 11.6 Å². The van der Waals surface area contributed by atoms with E-state index in [1.165, 1.54) is 37.7 Å². The fourth-order valence-electron chi connectivity index (χ4n) is 1.81. The Morgan fingerprint density at radius 3 is 2.60 bits per heavy atom. The van der Waals surface area contributed by atoms with Gasteiger partial charge in [0.25, 0.3) is 0 Å². The summed E-state index contributed by atoms with van der Waals surface area (Å²) < 4.78 is 0. The molecule has 2 heterocycles. The van der Waals surface area contributed by atoms with Crippen LogP contribution >= 0.6 is 27.3 Å². The Morgan fingerprint density at radius 2 is 2.00 bits per heavy atom. The molecule has 3 nitrogen and oxygen atoms in total. The van der Waals surface area contributed by atoms with Gasteiger partial charge in [-0.2, -0.15) is 0 Å². The van der Waals surface area contributed by atoms with E-state index in [4.69, 9.17) is 0 Å². The molecule has 0 spiro atoms. The lowest BCUT2D eigenvalue weighted by Crippen LogP contribution is -2.46. The first kappa shape index (κ1) is 11.5. The van der Waals surface area contributed by atoms with Crippen molar-refractivity contribution < 1.29 is 0 Å². The zero-order chi connectivity index (χ0) is 10.5. The van der Waals surface area contributed by atoms with Crippen LogP contribution in [0, 0.1) is 0 Å². The van der Waals surface area contributed by atoms with E-state index in [-0.39, 0.29) is 0 Å². The van der Waals surface area contributed by atoms with E-state index in [2.05, 4.69) is 36.1 Å². The van der Waals surface area contributed by atoms with Crippen LogP contribution in [0.1, 0.15) is 5.01 Å². The number of hydrogen-bond donors (Lipinski definition) is 0. The van der Waals surface area contributed by atoms with Crippen LogP contribution in [0.5, 0.6) is 0 Å². The average molecular weight is 290 g/mol. The molecule has 0 saturated carbocycles. The third-order valence-corrected chi connectivity index (χ3v) is 3.83. The van der Waals surface area contributed by atoms with Crippen LogP contribution in [0.25, 0.3) is 0 Å². The molecular weight excluding hydrogens is 274 g/mol. The number of thiazole rings is 1. The van der Waals surface area contributed by atoms with Crippen LogP contribution in [0.2, 0.25) is 0 Å². The van der Waals surface area contributed by atoms with E-state index < -0.39 is 0 Å². The van der Waals surface area contributed by atoms with Gasteiger partial charge in [0.1, 0.15) is 5.01 Å². The molecule has 0 radical (unpaired) electrons. The molecule has 15 heavy (non-hydrogen) atoms. The summed E-state index contributed by atoms with van der Waals surface area (Å²) in [6.07, 6.45) is 1.89. The highest BCUT2D eigenvalue weighted by Crippen LogP contribution is 2.10. The second-order valence-corrected chi connectivity index (χ2v) is 5.50. The van der Waals surface area contributed by atoms with Gasteiger partial charge in [0.2, 0.25) is 0 Å². The summed E-state index contributed by atoms with van der Waals surface area (Å²) in [5.74, 6) is 0. The van der Waals surface area contributed by atoms with Crippen LogP contribution in [-0.2, 0) is 6.54 Å². The van der Waals surface area contributed by atoms with Gasteiger partial charge in [0.15, 0.2) is 0 Å². The van der Waals surface area contributed by atoms with Crippen LogP contribution in [0.4, 0.5) is 0 Å². The summed E-state index contributed by atoms with van der Waals surface area (Å²) in [4.78, 5) is 9.32. The van der Waals surface area contributed by atoms with Crippen molar-refractivity contribution >= 4 is 27.3 Å². The molecule has 0 unspecified atom stereocenters. The minimum absolute atomic E-state index is 1.03. The summed E-state index contributed by atoms with van der Waals surface area (Å²) in [6, 6.07) is 0. The minimum atomic E-state index is 1.03. The molecule has 1 saturated heterocycles. The Labute approximate surface area is 103 Å². The molecule has 0 aliphatic carbocycles. The quantitative estimate of drug-likeness (QED) is 0.786. The summed E-state index contributed by atoms with van der Waals surface area (Å²) in [6.45, 7) is 6.93. The fraction of sp³-hybridized carbons (Fsp3) is 0.700. The number of hydrogen-bond acceptors (Lipinski definition) is 4. The van der Waals surface area contributed by atoms with Crippen molar-refractivity contribution in [2.75, 3.05) is 38.1 Å². The van der Waals surface area contributed by atoms with Crippen molar-refractivity contribution in [3.8, 4) is 0 Å². The second kappa shape index (κ2) is 5.94. The highest BCUT2D eigenvalue weighted by molar-refractivity contribution is 9.09. The lowest BCUT2D eigenvalue weighted by atomic mass is 10.3. The monoisotopic (exact) mass is 289 g/mol. The Kier molecular flexibility index (Phi) is 4.56. The van der Waals surface area contributed by atoms with Crippen molar-refractivity contribution in [2.24, 2.45) is 0 Å². The number of rotatable bonds is 4. The molecule has 0 bridgehead atoms. The van der Waals surface area contributed by atoms with E-state index in [0.717, 1.165) is 11.9 Å². The summed E-state index contributed by atoms with van der Waals surface area (Å²) in [5.41, 5.74) is 0. The number of halogens is 1. The highest BCUT2D eigenvalue weighted by Gasteiger charge is 2.16. The maximum absolute atomic E-state index is 4.32. The Morgan fingerprint density at radius 1 is 1.27 bits per heavy atom. The van der Waals surface area contributed by atoms with Gasteiger partial charge in [0, 0.05) is 49.6 Å². The SMILES string of the molecule is BrCCN1CCN(Cc2nccs2)CC1. The van der Waals surface area contributed by atoms with E-state index in [9.17, 15) is 0 Å². The van der Waals surface area contributed by atoms with Crippen molar-refractivity contribution in [2.45, 2.75) is 6.54 Å². The molecule has 5 heteroatoms. The number of piperazine rings is 1. The van der Waals surface area contributed by atoms with E-state index in [1.54, 1.807) is 11.3 Å². The van der Waals surface area contributed by atoms with Crippen molar-refractivity contribution in [1.29, 1.82) is 0 Å². The molecule has 0 aromatic carbocycles. The third-order valence-electron chi connectivity index (χ3n) is 2.71. The fourth-order valence-corrected chi connectivity index (χ4v) is 2.97. The molecule has 1 aliphatic rings. The Bertz CT molecular complexity index is 270. The van der Waals surface area contributed by atoms with Crippen molar-refractivity contribution in [3.63, 3.8) is 0 Å². The van der Waals surface area contributed by atoms with Crippen LogP contribution in [-0.4, -0.2) is 52.8 Å². The van der Waals surface area contributed by atoms with Crippen molar-refractivity contribution in [1.82, 2.24) is 14.8 Å². The molecule has 0 amide bonds. The average Bonchev–Trinajstić information content (AvgIpc) is 2.74. The van der Waals surface area contributed by atoms with E-state index in [0.29, 0.717) is 0 Å². The Hall–Kier alpha value is 0.0300. The largest absolute Gasteiger partial charge is 0.300 e. The van der Waals surface area contributed by atoms with Gasteiger partial charge in [-0.3, -0.25) is 9.80 Å². The predicted molar refractivity (Wildman–Crippen MR) is 67.6 cm³/mol. The lowest BCUT2D eigenvalue weighted by Gasteiger charge is -2.33. The van der Waals surface area contributed by atoms with Crippen LogP contribution < -0.4 is 0 Å². The first-order valence-electron chi connectivity index (χ1n) is 5.27. The van der Waals surface area contributed by atoms with Gasteiger partial charge in [-0.25, -0.2) is 4.98 Å². The third kappa shape index (κ3) is 3.52. The molecule has 1 fully saturated rings. The van der Waals surface area contributed by atoms with Gasteiger partial charge < -0.3 is 0 Å². The summed E-state index contributed by atoms with van der Waals surface area (Å²) in [7, 11) is 0. The smallest absolute Gasteiger partial charge is 0.107 e. The maximum atomic E-state index is 4.32. The zero-order valence-electron chi connectivity index (χ0n) is 8.73. The normalized spacial score (nSPS) is 19.5. The van der Waals surface area contributed by atoms with E-state index >= 15 is 0 Å². The summed E-state index contributed by atoms with van der Waals surface area (Å²) in [5, 5.41) is 4.37. The molecule has 1 aromatic rings. The molecular formula is C10H16BrN3S. The predicted octanol–water partition coefficient (Wildman–Crippen LogP) is 1.66. The lowest BCUT2D eigenvalue weighted by molar-refractivity contribution is 0.133. The van der Waals surface area contributed by atoms with Gasteiger partial charge >= 0.3 is 0 Å². The zero-order valence-corrected chi connectivity index (χ0v) is 11.1. The number of alkyl halides is 1. The van der Waals surface area contributed by atoms with E-state index in [1.807, 2.05) is 6.20 Å². The van der Waals surface area contributed by atoms with Crippen LogP contribution in [0.3, 0.4) is 0 Å². The molecule has 0 atom stereocenters. The molecule has 2 rings (SSSR count). The Balaban J connectivity index is 1.74. The maximum Gasteiger partial charge on any atom is 0.107 e. The molecule has 84 valence electrons. The number of nitrogens with zero attached hydrogens (tertiary/aromatic N) is 3. The van der Waals surface area contributed by atoms with Gasteiger partial charge in [-0.15, -0.1) is 11.3 Å². The molecule has 1 aliphatic heterocycles. The minimum Gasteiger partial charge on any atom is -0.300 e. The summed E-state index contributed by atoms with van der Waals surface area (Å²) >= 11 is 5.24. The van der Waals surface area contributed by atoms with Crippen molar-refractivity contribution in [3.05, 3.63) is 16.6 Å². The highest BCUT2D eigenvalue weighted by atomic mass is 79.9.